The molecule has 0 aromatic carbocycles. The summed E-state index contributed by atoms with van der Waals surface area (Å²) in [6.07, 6.45) is 19.1. The fourth-order valence-corrected chi connectivity index (χ4v) is 2.72. The topological polar surface area (TPSA) is 38.3 Å². The monoisotopic (exact) mass is 327 g/mol. The minimum absolute atomic E-state index is 0.246. The van der Waals surface area contributed by atoms with Crippen molar-refractivity contribution in [3.05, 3.63) is 0 Å². The van der Waals surface area contributed by atoms with Crippen molar-refractivity contribution < 1.29 is 9.53 Å². The molecule has 1 N–H and O–H groups in total. The van der Waals surface area contributed by atoms with Crippen LogP contribution in [-0.2, 0) is 4.74 Å². The summed E-state index contributed by atoms with van der Waals surface area (Å²) in [6.45, 7) is 5.74. The van der Waals surface area contributed by atoms with Gasteiger partial charge in [-0.1, -0.05) is 97.3 Å². The Morgan fingerprint density at radius 2 is 1.09 bits per heavy atom. The van der Waals surface area contributed by atoms with E-state index in [9.17, 15) is 4.79 Å². The molecule has 0 bridgehead atoms. The molecule has 0 saturated heterocycles. The normalized spacial score (nSPS) is 10.7. The van der Waals surface area contributed by atoms with Gasteiger partial charge < -0.3 is 10.1 Å². The van der Waals surface area contributed by atoms with Crippen LogP contribution in [0, 0.1) is 0 Å². The van der Waals surface area contributed by atoms with Gasteiger partial charge in [0.1, 0.15) is 0 Å². The SMILES string of the molecule is CCCCCCCCCCCCCCOC(=O)NCCCCC. The van der Waals surface area contributed by atoms with Crippen LogP contribution in [0.25, 0.3) is 0 Å². The van der Waals surface area contributed by atoms with Crippen LogP contribution < -0.4 is 5.32 Å². The third-order valence-corrected chi connectivity index (χ3v) is 4.28. The zero-order chi connectivity index (χ0) is 17.0. The molecule has 0 atom stereocenters. The highest BCUT2D eigenvalue weighted by atomic mass is 16.5. The molecule has 0 aromatic heterocycles. The molecule has 0 spiro atoms. The zero-order valence-electron chi connectivity index (χ0n) is 15.8. The van der Waals surface area contributed by atoms with Gasteiger partial charge in [0.05, 0.1) is 6.61 Å². The minimum atomic E-state index is -0.246. The summed E-state index contributed by atoms with van der Waals surface area (Å²) in [6, 6.07) is 0. The number of rotatable bonds is 17. The molecule has 0 aromatic rings. The molecule has 138 valence electrons. The lowest BCUT2D eigenvalue weighted by molar-refractivity contribution is 0.143. The summed E-state index contributed by atoms with van der Waals surface area (Å²) in [5, 5.41) is 2.80. The Morgan fingerprint density at radius 1 is 0.652 bits per heavy atom. The number of ether oxygens (including phenoxy) is 1. The number of nitrogens with one attached hydrogen (secondary N) is 1. The van der Waals surface area contributed by atoms with Crippen molar-refractivity contribution in [2.75, 3.05) is 13.2 Å². The van der Waals surface area contributed by atoms with E-state index in [1.807, 2.05) is 0 Å². The highest BCUT2D eigenvalue weighted by molar-refractivity contribution is 5.66. The van der Waals surface area contributed by atoms with Gasteiger partial charge in [-0.3, -0.25) is 0 Å². The van der Waals surface area contributed by atoms with Crippen LogP contribution in [0.3, 0.4) is 0 Å². The molecule has 0 radical (unpaired) electrons. The number of alkyl carbamates (subject to hydrolysis) is 1. The molecule has 0 aliphatic rings. The Balaban J connectivity index is 3.08. The minimum Gasteiger partial charge on any atom is -0.450 e. The molecule has 1 amide bonds. The first kappa shape index (κ1) is 22.3. The molecule has 0 heterocycles. The number of amides is 1. The van der Waals surface area contributed by atoms with E-state index in [0.717, 1.165) is 19.4 Å². The third-order valence-electron chi connectivity index (χ3n) is 4.28. The first-order valence-electron chi connectivity index (χ1n) is 10.2. The second-order valence-corrected chi connectivity index (χ2v) is 6.66. The predicted octanol–water partition coefficient (Wildman–Crippen LogP) is 6.60. The van der Waals surface area contributed by atoms with Crippen molar-refractivity contribution in [1.29, 1.82) is 0 Å². The lowest BCUT2D eigenvalue weighted by Crippen LogP contribution is -2.25. The fourth-order valence-electron chi connectivity index (χ4n) is 2.72. The first-order valence-corrected chi connectivity index (χ1v) is 10.2. The average molecular weight is 328 g/mol. The van der Waals surface area contributed by atoms with Gasteiger partial charge in [-0.2, -0.15) is 0 Å². The molecule has 0 aliphatic heterocycles. The first-order chi connectivity index (χ1) is 11.3. The van der Waals surface area contributed by atoms with Crippen LogP contribution in [0.2, 0.25) is 0 Å². The van der Waals surface area contributed by atoms with Crippen LogP contribution in [0.4, 0.5) is 4.79 Å². The van der Waals surface area contributed by atoms with E-state index in [4.69, 9.17) is 4.74 Å². The molecule has 0 saturated carbocycles. The third kappa shape index (κ3) is 19.2. The lowest BCUT2D eigenvalue weighted by Gasteiger charge is -2.06. The van der Waals surface area contributed by atoms with Gasteiger partial charge in [-0.15, -0.1) is 0 Å². The van der Waals surface area contributed by atoms with Crippen LogP contribution in [0.5, 0.6) is 0 Å². The standard InChI is InChI=1S/C20H41NO2/c1-3-5-7-8-9-10-11-12-13-14-15-17-19-23-20(22)21-18-16-6-4-2/h3-19H2,1-2H3,(H,21,22). The van der Waals surface area contributed by atoms with E-state index in [-0.39, 0.29) is 6.09 Å². The van der Waals surface area contributed by atoms with Gasteiger partial charge in [0.25, 0.3) is 0 Å². The molecule has 0 fully saturated rings. The molecule has 0 aliphatic carbocycles. The van der Waals surface area contributed by atoms with Crippen LogP contribution in [0.15, 0.2) is 0 Å². The van der Waals surface area contributed by atoms with Gasteiger partial charge in [0.15, 0.2) is 0 Å². The van der Waals surface area contributed by atoms with Crippen LogP contribution in [-0.4, -0.2) is 19.2 Å². The number of carbonyl (C=O) groups is 1. The highest BCUT2D eigenvalue weighted by Crippen LogP contribution is 2.11. The van der Waals surface area contributed by atoms with E-state index < -0.39 is 0 Å². The van der Waals surface area contributed by atoms with E-state index in [0.29, 0.717) is 6.61 Å². The summed E-state index contributed by atoms with van der Waals surface area (Å²) in [5.74, 6) is 0. The Hall–Kier alpha value is -0.730. The van der Waals surface area contributed by atoms with Crippen molar-refractivity contribution in [2.24, 2.45) is 0 Å². The van der Waals surface area contributed by atoms with E-state index in [2.05, 4.69) is 19.2 Å². The fraction of sp³-hybridized carbons (Fsp3) is 0.950. The van der Waals surface area contributed by atoms with Crippen LogP contribution >= 0.6 is 0 Å². The van der Waals surface area contributed by atoms with Gasteiger partial charge in [-0.05, 0) is 12.8 Å². The quantitative estimate of drug-likeness (QED) is 0.305. The Morgan fingerprint density at radius 3 is 1.61 bits per heavy atom. The molecule has 0 unspecified atom stereocenters. The maximum absolute atomic E-state index is 11.4. The number of hydrogen-bond acceptors (Lipinski definition) is 2. The summed E-state index contributed by atoms with van der Waals surface area (Å²) in [5.41, 5.74) is 0. The largest absolute Gasteiger partial charge is 0.450 e. The molecule has 3 heteroatoms. The van der Waals surface area contributed by atoms with Gasteiger partial charge in [0.2, 0.25) is 0 Å². The summed E-state index contributed by atoms with van der Waals surface area (Å²) < 4.78 is 5.16. The Kier molecular flexibility index (Phi) is 18.7. The second-order valence-electron chi connectivity index (χ2n) is 6.66. The highest BCUT2D eigenvalue weighted by Gasteiger charge is 2.00. The lowest BCUT2D eigenvalue weighted by atomic mass is 10.1. The van der Waals surface area contributed by atoms with Gasteiger partial charge in [-0.25, -0.2) is 4.79 Å². The van der Waals surface area contributed by atoms with Crippen molar-refractivity contribution in [3.63, 3.8) is 0 Å². The number of hydrogen-bond donors (Lipinski definition) is 1. The zero-order valence-corrected chi connectivity index (χ0v) is 15.8. The van der Waals surface area contributed by atoms with E-state index in [1.165, 1.54) is 83.5 Å². The van der Waals surface area contributed by atoms with Crippen LogP contribution in [0.1, 0.15) is 110 Å². The second kappa shape index (κ2) is 19.3. The molecule has 3 nitrogen and oxygen atoms in total. The number of unbranched alkanes of at least 4 members (excludes halogenated alkanes) is 13. The Labute approximate surface area is 144 Å². The summed E-state index contributed by atoms with van der Waals surface area (Å²) in [4.78, 5) is 11.4. The maximum atomic E-state index is 11.4. The molecular weight excluding hydrogens is 286 g/mol. The number of carbonyl (C=O) groups excluding carboxylic acids is 1. The van der Waals surface area contributed by atoms with Crippen molar-refractivity contribution in [2.45, 2.75) is 110 Å². The van der Waals surface area contributed by atoms with E-state index >= 15 is 0 Å². The summed E-state index contributed by atoms with van der Waals surface area (Å²) in [7, 11) is 0. The Bertz CT molecular complexity index is 244. The van der Waals surface area contributed by atoms with E-state index in [1.54, 1.807) is 0 Å². The molecule has 0 rings (SSSR count). The summed E-state index contributed by atoms with van der Waals surface area (Å²) >= 11 is 0. The van der Waals surface area contributed by atoms with Gasteiger partial charge in [0, 0.05) is 6.54 Å². The predicted molar refractivity (Wildman–Crippen MR) is 100.0 cm³/mol. The smallest absolute Gasteiger partial charge is 0.407 e. The van der Waals surface area contributed by atoms with Crippen molar-refractivity contribution >= 4 is 6.09 Å². The van der Waals surface area contributed by atoms with Crippen molar-refractivity contribution in [1.82, 2.24) is 5.32 Å². The average Bonchev–Trinajstić information content (AvgIpc) is 2.56. The molecular formula is C20H41NO2. The molecule has 23 heavy (non-hydrogen) atoms. The maximum Gasteiger partial charge on any atom is 0.407 e. The van der Waals surface area contributed by atoms with Gasteiger partial charge >= 0.3 is 6.09 Å². The van der Waals surface area contributed by atoms with Crippen molar-refractivity contribution in [3.8, 4) is 0 Å².